The molecule has 0 spiro atoms. The van der Waals surface area contributed by atoms with E-state index in [1.54, 1.807) is 4.90 Å². The molecule has 0 bridgehead atoms. The third-order valence-corrected chi connectivity index (χ3v) is 6.15. The summed E-state index contributed by atoms with van der Waals surface area (Å²) in [5.74, 6) is -0.327. The number of aromatic nitrogens is 1. The van der Waals surface area contributed by atoms with Crippen molar-refractivity contribution in [1.29, 1.82) is 0 Å². The van der Waals surface area contributed by atoms with E-state index >= 15 is 0 Å². The summed E-state index contributed by atoms with van der Waals surface area (Å²) >= 11 is 0. The molecule has 2 heterocycles. The van der Waals surface area contributed by atoms with E-state index in [1.165, 1.54) is 0 Å². The second kappa shape index (κ2) is 7.43. The lowest BCUT2D eigenvalue weighted by Crippen LogP contribution is -2.36. The van der Waals surface area contributed by atoms with Gasteiger partial charge in [0.1, 0.15) is 6.54 Å². The molecular weight excluding hydrogens is 386 g/mol. The highest BCUT2D eigenvalue weighted by Gasteiger charge is 2.40. The second-order valence-corrected chi connectivity index (χ2v) is 7.91. The quantitative estimate of drug-likeness (QED) is 0.533. The molecular formula is C26H23N3O2. The van der Waals surface area contributed by atoms with E-state index in [9.17, 15) is 9.59 Å². The Balaban J connectivity index is 1.59. The Morgan fingerprint density at radius 1 is 0.935 bits per heavy atom. The van der Waals surface area contributed by atoms with Crippen molar-refractivity contribution < 1.29 is 9.59 Å². The fraction of sp³-hybridized carbons (Fsp3) is 0.154. The van der Waals surface area contributed by atoms with Gasteiger partial charge in [-0.15, -0.1) is 0 Å². The molecule has 0 saturated carbocycles. The zero-order valence-electron chi connectivity index (χ0n) is 17.5. The standard InChI is InChI=1S/C26H23N3O2/c1-17-24(21-14-8-9-15-22(21)28(17)2)25-19-12-6-7-13-20(19)26(31)29(25)16-23(30)27-18-10-4-3-5-11-18/h3-15,25H,16H2,1-2H3,(H,27,30)/t25-/m0/s1. The smallest absolute Gasteiger partial charge is 0.255 e. The average molecular weight is 409 g/mol. The van der Waals surface area contributed by atoms with Crippen LogP contribution in [0.4, 0.5) is 5.69 Å². The summed E-state index contributed by atoms with van der Waals surface area (Å²) in [5, 5.41) is 4.01. The van der Waals surface area contributed by atoms with Crippen molar-refractivity contribution in [1.82, 2.24) is 9.47 Å². The molecule has 0 fully saturated rings. The number of rotatable bonds is 4. The SMILES string of the molecule is Cc1c([C@@H]2c3ccccc3C(=O)N2CC(=O)Nc2ccccc2)c2ccccc2n1C. The Labute approximate surface area is 180 Å². The number of para-hydroxylation sites is 2. The molecule has 0 aliphatic carbocycles. The first-order valence-corrected chi connectivity index (χ1v) is 10.3. The van der Waals surface area contributed by atoms with Crippen molar-refractivity contribution in [2.75, 3.05) is 11.9 Å². The third kappa shape index (κ3) is 3.10. The number of hydrogen-bond donors (Lipinski definition) is 1. The van der Waals surface area contributed by atoms with E-state index in [1.807, 2.05) is 73.8 Å². The monoisotopic (exact) mass is 409 g/mol. The van der Waals surface area contributed by atoms with E-state index in [-0.39, 0.29) is 24.4 Å². The Kier molecular flexibility index (Phi) is 4.59. The third-order valence-electron chi connectivity index (χ3n) is 6.15. The van der Waals surface area contributed by atoms with Crippen molar-refractivity contribution in [2.45, 2.75) is 13.0 Å². The molecule has 2 amide bonds. The van der Waals surface area contributed by atoms with Crippen LogP contribution in [0.3, 0.4) is 0 Å². The minimum atomic E-state index is -0.309. The van der Waals surface area contributed by atoms with Crippen molar-refractivity contribution in [3.63, 3.8) is 0 Å². The first-order valence-electron chi connectivity index (χ1n) is 10.3. The summed E-state index contributed by atoms with van der Waals surface area (Å²) in [6, 6.07) is 24.9. The van der Waals surface area contributed by atoms with Crippen LogP contribution in [0.2, 0.25) is 0 Å². The normalized spacial score (nSPS) is 15.4. The molecule has 31 heavy (non-hydrogen) atoms. The van der Waals surface area contributed by atoms with Crippen molar-refractivity contribution in [3.8, 4) is 0 Å². The fourth-order valence-electron chi connectivity index (χ4n) is 4.62. The summed E-state index contributed by atoms with van der Waals surface area (Å²) in [5.41, 5.74) is 5.59. The Bertz CT molecular complexity index is 1310. The van der Waals surface area contributed by atoms with Crippen molar-refractivity contribution >= 4 is 28.4 Å². The molecule has 1 aliphatic rings. The Morgan fingerprint density at radius 3 is 2.42 bits per heavy atom. The summed E-state index contributed by atoms with van der Waals surface area (Å²) < 4.78 is 2.15. The summed E-state index contributed by atoms with van der Waals surface area (Å²) in [6.45, 7) is 2.05. The lowest BCUT2D eigenvalue weighted by Gasteiger charge is -2.26. The van der Waals surface area contributed by atoms with Crippen LogP contribution in [0.1, 0.15) is 33.2 Å². The Morgan fingerprint density at radius 2 is 1.61 bits per heavy atom. The zero-order valence-corrected chi connectivity index (χ0v) is 17.5. The van der Waals surface area contributed by atoms with Crippen molar-refractivity contribution in [3.05, 3.63) is 101 Å². The van der Waals surface area contributed by atoms with Gasteiger partial charge in [-0.05, 0) is 36.8 Å². The molecule has 1 aliphatic heterocycles. The molecule has 154 valence electrons. The zero-order chi connectivity index (χ0) is 21.5. The van der Waals surface area contributed by atoms with Crippen LogP contribution in [-0.2, 0) is 11.8 Å². The van der Waals surface area contributed by atoms with Crippen molar-refractivity contribution in [2.24, 2.45) is 7.05 Å². The topological polar surface area (TPSA) is 54.3 Å². The number of nitrogens with zero attached hydrogens (tertiary/aromatic N) is 2. The van der Waals surface area contributed by atoms with E-state index in [0.717, 1.165) is 33.4 Å². The highest BCUT2D eigenvalue weighted by atomic mass is 16.2. The largest absolute Gasteiger partial charge is 0.348 e. The fourth-order valence-corrected chi connectivity index (χ4v) is 4.62. The van der Waals surface area contributed by atoms with Gasteiger partial charge in [-0.3, -0.25) is 9.59 Å². The van der Waals surface area contributed by atoms with Crippen LogP contribution < -0.4 is 5.32 Å². The van der Waals surface area contributed by atoms with Gasteiger partial charge in [0.25, 0.3) is 5.91 Å². The van der Waals surface area contributed by atoms with Gasteiger partial charge < -0.3 is 14.8 Å². The van der Waals surface area contributed by atoms with E-state index in [0.29, 0.717) is 5.56 Å². The van der Waals surface area contributed by atoms with Gasteiger partial charge in [0, 0.05) is 40.5 Å². The lowest BCUT2D eigenvalue weighted by molar-refractivity contribution is -0.117. The lowest BCUT2D eigenvalue weighted by atomic mass is 9.95. The van der Waals surface area contributed by atoms with E-state index in [2.05, 4.69) is 28.9 Å². The maximum atomic E-state index is 13.4. The highest BCUT2D eigenvalue weighted by molar-refractivity contribution is 6.04. The maximum absolute atomic E-state index is 13.4. The molecule has 3 aromatic carbocycles. The average Bonchev–Trinajstić information content (AvgIpc) is 3.20. The summed E-state index contributed by atoms with van der Waals surface area (Å²) in [4.78, 5) is 27.9. The number of hydrogen-bond acceptors (Lipinski definition) is 2. The summed E-state index contributed by atoms with van der Waals surface area (Å²) in [6.07, 6.45) is 0. The molecule has 5 rings (SSSR count). The molecule has 4 aromatic rings. The number of anilines is 1. The van der Waals surface area contributed by atoms with Gasteiger partial charge in [-0.25, -0.2) is 0 Å². The van der Waals surface area contributed by atoms with Gasteiger partial charge in [-0.1, -0.05) is 54.6 Å². The number of aryl methyl sites for hydroxylation is 1. The van der Waals surface area contributed by atoms with Crippen LogP contribution in [0.25, 0.3) is 10.9 Å². The minimum absolute atomic E-state index is 0.0181. The number of nitrogens with one attached hydrogen (secondary N) is 1. The van der Waals surface area contributed by atoms with Crippen LogP contribution >= 0.6 is 0 Å². The maximum Gasteiger partial charge on any atom is 0.255 e. The number of benzene rings is 3. The Hall–Kier alpha value is -3.86. The molecule has 1 atom stereocenters. The van der Waals surface area contributed by atoms with E-state index in [4.69, 9.17) is 0 Å². The highest BCUT2D eigenvalue weighted by Crippen LogP contribution is 2.43. The van der Waals surface area contributed by atoms with Crippen LogP contribution in [-0.4, -0.2) is 27.8 Å². The van der Waals surface area contributed by atoms with Crippen LogP contribution in [0, 0.1) is 6.92 Å². The van der Waals surface area contributed by atoms with Gasteiger partial charge in [0.2, 0.25) is 5.91 Å². The second-order valence-electron chi connectivity index (χ2n) is 7.91. The molecule has 1 aromatic heterocycles. The molecule has 5 nitrogen and oxygen atoms in total. The number of carbonyl (C=O) groups excluding carboxylic acids is 2. The van der Waals surface area contributed by atoms with Gasteiger partial charge in [0.05, 0.1) is 6.04 Å². The van der Waals surface area contributed by atoms with Crippen LogP contribution in [0.15, 0.2) is 78.9 Å². The van der Waals surface area contributed by atoms with Gasteiger partial charge in [0.15, 0.2) is 0 Å². The molecule has 0 radical (unpaired) electrons. The summed E-state index contributed by atoms with van der Waals surface area (Å²) in [7, 11) is 2.04. The van der Waals surface area contributed by atoms with Gasteiger partial charge in [-0.2, -0.15) is 0 Å². The predicted octanol–water partition coefficient (Wildman–Crippen LogP) is 4.67. The molecule has 5 heteroatoms. The first-order chi connectivity index (χ1) is 15.1. The predicted molar refractivity (Wildman–Crippen MR) is 122 cm³/mol. The number of fused-ring (bicyclic) bond motifs is 2. The minimum Gasteiger partial charge on any atom is -0.348 e. The van der Waals surface area contributed by atoms with Gasteiger partial charge >= 0.3 is 0 Å². The molecule has 0 saturated heterocycles. The van der Waals surface area contributed by atoms with E-state index < -0.39 is 0 Å². The molecule has 1 N–H and O–H groups in total. The molecule has 0 unspecified atom stereocenters. The first kappa shape index (κ1) is 19.1. The number of amides is 2. The van der Waals surface area contributed by atoms with Crippen LogP contribution in [0.5, 0.6) is 0 Å². The number of carbonyl (C=O) groups is 2.